The molecule has 0 radical (unpaired) electrons. The van der Waals surface area contributed by atoms with Crippen molar-refractivity contribution in [3.05, 3.63) is 53.6 Å². The second-order valence-corrected chi connectivity index (χ2v) is 6.23. The number of hydrogen-bond acceptors (Lipinski definition) is 6. The quantitative estimate of drug-likeness (QED) is 0.744. The summed E-state index contributed by atoms with van der Waals surface area (Å²) >= 11 is -1.56. The van der Waals surface area contributed by atoms with Crippen molar-refractivity contribution in [2.45, 2.75) is 4.90 Å². The van der Waals surface area contributed by atoms with Crippen LogP contribution in [0, 0.1) is 28.5 Å². The first kappa shape index (κ1) is 17.7. The number of nitrogens with zero attached hydrogens (tertiary/aromatic N) is 4. The topological polar surface area (TPSA) is 96.0 Å². The molecule has 0 fully saturated rings. The van der Waals surface area contributed by atoms with Crippen LogP contribution in [-0.4, -0.2) is 34.0 Å². The molecule has 2 rings (SSSR count). The Morgan fingerprint density at radius 3 is 2.79 bits per heavy atom. The summed E-state index contributed by atoms with van der Waals surface area (Å²) in [6.45, 7) is 0.448. The summed E-state index contributed by atoms with van der Waals surface area (Å²) in [6.07, 6.45) is 1.46. The van der Waals surface area contributed by atoms with E-state index in [0.717, 1.165) is 6.07 Å². The zero-order chi connectivity index (χ0) is 17.5. The number of benzene rings is 1. The molecule has 6 nitrogen and oxygen atoms in total. The molecule has 0 amide bonds. The SMILES string of the molecule is CN(CCOc1ccc(C#N)c(F)c1)[S+]([O-])c1cccnc1C#N. The van der Waals surface area contributed by atoms with Gasteiger partial charge in [-0.05, 0) is 24.3 Å². The highest BCUT2D eigenvalue weighted by Crippen LogP contribution is 2.18. The fourth-order valence-electron chi connectivity index (χ4n) is 1.83. The van der Waals surface area contributed by atoms with E-state index in [1.807, 2.05) is 6.07 Å². The minimum atomic E-state index is -1.56. The molecular formula is C16H13FN4O2S. The maximum Gasteiger partial charge on any atom is 0.210 e. The molecule has 1 heterocycles. The highest BCUT2D eigenvalue weighted by Gasteiger charge is 2.22. The number of hydrogen-bond donors (Lipinski definition) is 0. The minimum Gasteiger partial charge on any atom is -0.593 e. The van der Waals surface area contributed by atoms with E-state index in [-0.39, 0.29) is 30.2 Å². The van der Waals surface area contributed by atoms with Crippen LogP contribution in [0.3, 0.4) is 0 Å². The Labute approximate surface area is 142 Å². The molecule has 122 valence electrons. The lowest BCUT2D eigenvalue weighted by Gasteiger charge is -2.20. The van der Waals surface area contributed by atoms with Gasteiger partial charge in [-0.15, -0.1) is 4.31 Å². The molecule has 1 aromatic heterocycles. The molecule has 0 saturated heterocycles. The molecule has 8 heteroatoms. The number of ether oxygens (including phenoxy) is 1. The van der Waals surface area contributed by atoms with E-state index in [4.69, 9.17) is 15.3 Å². The summed E-state index contributed by atoms with van der Waals surface area (Å²) in [6, 6.07) is 10.8. The number of rotatable bonds is 6. The normalized spacial score (nSPS) is 11.6. The van der Waals surface area contributed by atoms with E-state index < -0.39 is 17.2 Å². The Kier molecular flexibility index (Phi) is 6.10. The third-order valence-corrected chi connectivity index (χ3v) is 4.54. The van der Waals surface area contributed by atoms with Gasteiger partial charge in [0, 0.05) is 19.3 Å². The van der Waals surface area contributed by atoms with E-state index in [2.05, 4.69) is 4.98 Å². The lowest BCUT2D eigenvalue weighted by molar-refractivity contribution is 0.285. The van der Waals surface area contributed by atoms with Crippen LogP contribution < -0.4 is 4.74 Å². The Bertz CT molecular complexity index is 803. The van der Waals surface area contributed by atoms with Crippen molar-refractivity contribution < 1.29 is 13.7 Å². The van der Waals surface area contributed by atoms with Gasteiger partial charge < -0.3 is 9.29 Å². The van der Waals surface area contributed by atoms with Crippen molar-refractivity contribution in [2.75, 3.05) is 20.2 Å². The molecule has 0 N–H and O–H groups in total. The molecule has 0 saturated carbocycles. The maximum absolute atomic E-state index is 13.5. The van der Waals surface area contributed by atoms with E-state index >= 15 is 0 Å². The second-order valence-electron chi connectivity index (χ2n) is 4.66. The van der Waals surface area contributed by atoms with Gasteiger partial charge in [-0.1, -0.05) is 0 Å². The summed E-state index contributed by atoms with van der Waals surface area (Å²) in [5.41, 5.74) is 0.0546. The largest absolute Gasteiger partial charge is 0.593 e. The summed E-state index contributed by atoms with van der Waals surface area (Å²) < 4.78 is 32.8. The van der Waals surface area contributed by atoms with Gasteiger partial charge in [0.25, 0.3) is 0 Å². The molecule has 0 aliphatic heterocycles. The van der Waals surface area contributed by atoms with Gasteiger partial charge in [0.1, 0.15) is 30.3 Å². The smallest absolute Gasteiger partial charge is 0.210 e. The van der Waals surface area contributed by atoms with E-state index in [0.29, 0.717) is 4.90 Å². The number of pyridine rings is 1. The molecule has 0 aliphatic carbocycles. The molecule has 1 atom stereocenters. The van der Waals surface area contributed by atoms with Crippen LogP contribution in [0.15, 0.2) is 41.4 Å². The van der Waals surface area contributed by atoms with Crippen molar-refractivity contribution in [3.8, 4) is 17.9 Å². The zero-order valence-corrected chi connectivity index (χ0v) is 13.6. The number of aromatic nitrogens is 1. The van der Waals surface area contributed by atoms with Crippen LogP contribution in [-0.2, 0) is 11.4 Å². The summed E-state index contributed by atoms with van der Waals surface area (Å²) in [5.74, 6) is -0.370. The molecular weight excluding hydrogens is 331 g/mol. The van der Waals surface area contributed by atoms with E-state index in [9.17, 15) is 8.94 Å². The van der Waals surface area contributed by atoms with Crippen LogP contribution in [0.25, 0.3) is 0 Å². The lowest BCUT2D eigenvalue weighted by atomic mass is 10.2. The molecule has 0 spiro atoms. The Hall–Kier alpha value is -2.65. The van der Waals surface area contributed by atoms with Gasteiger partial charge in [0.15, 0.2) is 5.69 Å². The number of nitriles is 2. The van der Waals surface area contributed by atoms with Crippen molar-refractivity contribution in [2.24, 2.45) is 0 Å². The predicted octanol–water partition coefficient (Wildman–Crippen LogP) is 2.00. The van der Waals surface area contributed by atoms with Crippen molar-refractivity contribution in [3.63, 3.8) is 0 Å². The minimum absolute atomic E-state index is 0.0545. The van der Waals surface area contributed by atoms with E-state index in [1.165, 1.54) is 22.6 Å². The van der Waals surface area contributed by atoms with Crippen LogP contribution in [0.2, 0.25) is 0 Å². The van der Waals surface area contributed by atoms with Crippen LogP contribution in [0.5, 0.6) is 5.75 Å². The van der Waals surface area contributed by atoms with Gasteiger partial charge in [0.05, 0.1) is 23.5 Å². The van der Waals surface area contributed by atoms with Crippen LogP contribution in [0.4, 0.5) is 4.39 Å². The summed E-state index contributed by atoms with van der Waals surface area (Å²) in [4.78, 5) is 4.20. The zero-order valence-electron chi connectivity index (χ0n) is 12.8. The van der Waals surface area contributed by atoms with Gasteiger partial charge >= 0.3 is 0 Å². The van der Waals surface area contributed by atoms with Crippen molar-refractivity contribution in [1.29, 1.82) is 10.5 Å². The molecule has 0 aliphatic rings. The average Bonchev–Trinajstić information content (AvgIpc) is 2.61. The molecule has 0 bridgehead atoms. The van der Waals surface area contributed by atoms with E-state index in [1.54, 1.807) is 25.2 Å². The molecule has 1 unspecified atom stereocenters. The van der Waals surface area contributed by atoms with Crippen molar-refractivity contribution >= 4 is 11.4 Å². The fraction of sp³-hybridized carbons (Fsp3) is 0.188. The van der Waals surface area contributed by atoms with Gasteiger partial charge in [-0.2, -0.15) is 10.5 Å². The number of likely N-dealkylation sites (N-methyl/N-ethyl adjacent to an activating group) is 1. The van der Waals surface area contributed by atoms with Crippen LogP contribution >= 0.6 is 0 Å². The number of halogens is 1. The highest BCUT2D eigenvalue weighted by atomic mass is 32.2. The predicted molar refractivity (Wildman–Crippen MR) is 84.6 cm³/mol. The Morgan fingerprint density at radius 2 is 2.12 bits per heavy atom. The maximum atomic E-state index is 13.5. The van der Waals surface area contributed by atoms with Gasteiger partial charge in [0.2, 0.25) is 4.90 Å². The monoisotopic (exact) mass is 344 g/mol. The third kappa shape index (κ3) is 4.21. The van der Waals surface area contributed by atoms with Crippen molar-refractivity contribution in [1.82, 2.24) is 9.29 Å². The first-order valence-corrected chi connectivity index (χ1v) is 7.98. The molecule has 1 aromatic carbocycles. The van der Waals surface area contributed by atoms with Crippen LogP contribution in [0.1, 0.15) is 11.3 Å². The Balaban J connectivity index is 1.93. The lowest BCUT2D eigenvalue weighted by Crippen LogP contribution is -2.31. The molecule has 2 aromatic rings. The standard InChI is InChI=1S/C16H13FN4O2S/c1-21(24(22)16-3-2-6-20-15(16)11-19)7-8-23-13-5-4-12(10-18)14(17)9-13/h2-6,9H,7-8H2,1H3. The summed E-state index contributed by atoms with van der Waals surface area (Å²) in [7, 11) is 1.62. The second kappa shape index (κ2) is 8.27. The first-order valence-electron chi connectivity index (χ1n) is 6.87. The average molecular weight is 344 g/mol. The third-order valence-electron chi connectivity index (χ3n) is 3.08. The highest BCUT2D eigenvalue weighted by molar-refractivity contribution is 7.89. The summed E-state index contributed by atoms with van der Waals surface area (Å²) in [5, 5.41) is 17.7. The molecule has 24 heavy (non-hydrogen) atoms. The fourth-order valence-corrected chi connectivity index (χ4v) is 2.87. The Morgan fingerprint density at radius 1 is 1.33 bits per heavy atom. The van der Waals surface area contributed by atoms with Gasteiger partial charge in [-0.3, -0.25) is 0 Å². The first-order chi connectivity index (χ1) is 11.6. The van der Waals surface area contributed by atoms with Gasteiger partial charge in [-0.25, -0.2) is 9.37 Å².